The Morgan fingerprint density at radius 1 is 0.860 bits per heavy atom. The highest BCUT2D eigenvalue weighted by Gasteiger charge is 2.31. The van der Waals surface area contributed by atoms with Crippen LogP contribution < -0.4 is 18.9 Å². The Labute approximate surface area is 252 Å². The van der Waals surface area contributed by atoms with Crippen molar-refractivity contribution in [1.29, 1.82) is 0 Å². The molecule has 3 aromatic carbocycles. The monoisotopic (exact) mass is 593 g/mol. The summed E-state index contributed by atoms with van der Waals surface area (Å²) < 4.78 is 39.2. The molecular weight excluding hydrogens is 554 g/mol. The zero-order valence-electron chi connectivity index (χ0n) is 24.9. The van der Waals surface area contributed by atoms with Crippen LogP contribution in [0.2, 0.25) is 0 Å². The number of ether oxygens (including phenoxy) is 7. The summed E-state index contributed by atoms with van der Waals surface area (Å²) in [5.41, 5.74) is 1.70. The third-order valence-electron chi connectivity index (χ3n) is 6.96. The van der Waals surface area contributed by atoms with Crippen LogP contribution in [0.25, 0.3) is 0 Å². The van der Waals surface area contributed by atoms with Crippen molar-refractivity contribution in [2.45, 2.75) is 44.7 Å². The summed E-state index contributed by atoms with van der Waals surface area (Å²) in [7, 11) is 4.73. The Morgan fingerprint density at radius 2 is 1.60 bits per heavy atom. The van der Waals surface area contributed by atoms with Crippen LogP contribution in [-0.2, 0) is 32.0 Å². The molecule has 0 aliphatic carbocycles. The van der Waals surface area contributed by atoms with Gasteiger partial charge in [-0.2, -0.15) is 0 Å². The first kappa shape index (κ1) is 31.7. The second-order valence-electron chi connectivity index (χ2n) is 9.94. The number of nitrogens with zero attached hydrogens (tertiary/aromatic N) is 1. The molecule has 0 spiro atoms. The quantitative estimate of drug-likeness (QED) is 0.179. The Hall–Kier alpha value is -4.28. The fourth-order valence-corrected chi connectivity index (χ4v) is 4.56. The summed E-state index contributed by atoms with van der Waals surface area (Å²) in [4.78, 5) is 28.3. The highest BCUT2D eigenvalue weighted by molar-refractivity contribution is 5.78. The van der Waals surface area contributed by atoms with Gasteiger partial charge in [0.15, 0.2) is 23.9 Å². The van der Waals surface area contributed by atoms with Gasteiger partial charge in [-0.15, -0.1) is 0 Å². The third kappa shape index (κ3) is 9.62. The first-order chi connectivity index (χ1) is 21.0. The minimum atomic E-state index is -1.11. The lowest BCUT2D eigenvalue weighted by atomic mass is 10.1. The maximum atomic E-state index is 13.5. The zero-order valence-corrected chi connectivity index (χ0v) is 24.9. The molecule has 0 aromatic heterocycles. The number of rotatable bonds is 14. The molecule has 2 atom stereocenters. The lowest BCUT2D eigenvalue weighted by Crippen LogP contribution is -2.46. The predicted octanol–water partition coefficient (Wildman–Crippen LogP) is 5.41. The standard InChI is InChI=1S/C33H39NO9/c1-37-26-15-12-25(13-16-26)23-41-33(36)34(19-18-24-14-17-28(38-2)29(21-24)39-3)22-30(43-31-11-7-8-20-40-31)32(35)42-27-9-5-4-6-10-27/h4-6,9-10,12-17,21,30-31H,7-8,11,18-20,22-23H2,1-3H3. The fraction of sp³-hybridized carbons (Fsp3) is 0.394. The maximum Gasteiger partial charge on any atom is 0.410 e. The molecular formula is C33H39NO9. The van der Waals surface area contributed by atoms with Crippen LogP contribution in [-0.4, -0.2) is 70.4 Å². The van der Waals surface area contributed by atoms with E-state index in [2.05, 4.69) is 0 Å². The lowest BCUT2D eigenvalue weighted by molar-refractivity contribution is -0.201. The van der Waals surface area contributed by atoms with E-state index in [0.717, 1.165) is 24.0 Å². The van der Waals surface area contributed by atoms with Gasteiger partial charge < -0.3 is 38.1 Å². The summed E-state index contributed by atoms with van der Waals surface area (Å²) in [5, 5.41) is 0. The Kier molecular flexibility index (Phi) is 12.1. The topological polar surface area (TPSA) is 102 Å². The van der Waals surface area contributed by atoms with E-state index in [1.807, 2.05) is 36.4 Å². The van der Waals surface area contributed by atoms with E-state index in [4.69, 9.17) is 33.2 Å². The van der Waals surface area contributed by atoms with Crippen LogP contribution >= 0.6 is 0 Å². The SMILES string of the molecule is COc1ccc(COC(=O)N(CCc2ccc(OC)c(OC)c2)CC(OC2CCCCO2)C(=O)Oc2ccccc2)cc1. The summed E-state index contributed by atoms with van der Waals surface area (Å²) in [6.07, 6.45) is 0.655. The molecule has 1 amide bonds. The van der Waals surface area contributed by atoms with E-state index in [1.165, 1.54) is 4.90 Å². The number of methoxy groups -OCH3 is 3. The van der Waals surface area contributed by atoms with E-state index >= 15 is 0 Å². The van der Waals surface area contributed by atoms with Crippen molar-refractivity contribution in [3.8, 4) is 23.0 Å². The van der Waals surface area contributed by atoms with Gasteiger partial charge in [-0.25, -0.2) is 9.59 Å². The molecule has 4 rings (SSSR count). The van der Waals surface area contributed by atoms with Crippen molar-refractivity contribution in [3.05, 3.63) is 83.9 Å². The van der Waals surface area contributed by atoms with Crippen molar-refractivity contribution >= 4 is 12.1 Å². The number of amides is 1. The molecule has 1 saturated heterocycles. The molecule has 230 valence electrons. The van der Waals surface area contributed by atoms with Gasteiger partial charge in [0.25, 0.3) is 0 Å². The third-order valence-corrected chi connectivity index (χ3v) is 6.96. The first-order valence-electron chi connectivity index (χ1n) is 14.3. The number of carbonyl (C=O) groups is 2. The smallest absolute Gasteiger partial charge is 0.410 e. The fourth-order valence-electron chi connectivity index (χ4n) is 4.56. The largest absolute Gasteiger partial charge is 0.497 e. The number of carbonyl (C=O) groups excluding carboxylic acids is 2. The van der Waals surface area contributed by atoms with Gasteiger partial charge in [0, 0.05) is 13.2 Å². The Bertz CT molecular complexity index is 1290. The van der Waals surface area contributed by atoms with E-state index in [0.29, 0.717) is 42.4 Å². The molecule has 10 heteroatoms. The number of esters is 1. The zero-order chi connectivity index (χ0) is 30.4. The summed E-state index contributed by atoms with van der Waals surface area (Å²) >= 11 is 0. The highest BCUT2D eigenvalue weighted by Crippen LogP contribution is 2.28. The van der Waals surface area contributed by atoms with Gasteiger partial charge in [-0.05, 0) is 73.2 Å². The number of para-hydroxylation sites is 1. The van der Waals surface area contributed by atoms with Crippen LogP contribution in [0.1, 0.15) is 30.4 Å². The number of hydrogen-bond acceptors (Lipinski definition) is 9. The molecule has 0 radical (unpaired) electrons. The molecule has 3 aromatic rings. The van der Waals surface area contributed by atoms with Gasteiger partial charge >= 0.3 is 12.1 Å². The van der Waals surface area contributed by atoms with Crippen molar-refractivity contribution in [1.82, 2.24) is 4.90 Å². The van der Waals surface area contributed by atoms with E-state index in [9.17, 15) is 9.59 Å². The Balaban J connectivity index is 1.52. The van der Waals surface area contributed by atoms with Crippen LogP contribution in [0, 0.1) is 0 Å². The van der Waals surface area contributed by atoms with Gasteiger partial charge in [-0.1, -0.05) is 36.4 Å². The van der Waals surface area contributed by atoms with Crippen LogP contribution in [0.3, 0.4) is 0 Å². The molecule has 1 heterocycles. The van der Waals surface area contributed by atoms with E-state index < -0.39 is 24.5 Å². The molecule has 43 heavy (non-hydrogen) atoms. The van der Waals surface area contributed by atoms with Crippen molar-refractivity contribution < 1.29 is 42.7 Å². The normalized spacial score (nSPS) is 15.2. The molecule has 0 N–H and O–H groups in total. The molecule has 2 unspecified atom stereocenters. The molecule has 1 aliphatic rings. The van der Waals surface area contributed by atoms with Gasteiger partial charge in [0.05, 0.1) is 27.9 Å². The van der Waals surface area contributed by atoms with Crippen molar-refractivity contribution in [3.63, 3.8) is 0 Å². The predicted molar refractivity (Wildman–Crippen MR) is 159 cm³/mol. The second-order valence-corrected chi connectivity index (χ2v) is 9.94. The highest BCUT2D eigenvalue weighted by atomic mass is 16.7. The summed E-state index contributed by atoms with van der Waals surface area (Å²) in [6.45, 7) is 0.723. The second kappa shape index (κ2) is 16.4. The summed E-state index contributed by atoms with van der Waals surface area (Å²) in [5.74, 6) is 1.64. The van der Waals surface area contributed by atoms with Crippen LogP contribution in [0.4, 0.5) is 4.79 Å². The molecule has 10 nitrogen and oxygen atoms in total. The van der Waals surface area contributed by atoms with Gasteiger partial charge in [0.2, 0.25) is 0 Å². The van der Waals surface area contributed by atoms with Gasteiger partial charge in [0.1, 0.15) is 18.1 Å². The Morgan fingerprint density at radius 3 is 2.28 bits per heavy atom. The van der Waals surface area contributed by atoms with E-state index in [1.54, 1.807) is 57.7 Å². The number of benzene rings is 3. The first-order valence-corrected chi connectivity index (χ1v) is 14.3. The average molecular weight is 594 g/mol. The average Bonchev–Trinajstić information content (AvgIpc) is 3.05. The van der Waals surface area contributed by atoms with E-state index in [-0.39, 0.29) is 19.7 Å². The number of hydrogen-bond donors (Lipinski definition) is 0. The molecule has 1 aliphatic heterocycles. The molecule has 0 saturated carbocycles. The molecule has 1 fully saturated rings. The van der Waals surface area contributed by atoms with Crippen LogP contribution in [0.5, 0.6) is 23.0 Å². The lowest BCUT2D eigenvalue weighted by Gasteiger charge is -2.30. The molecule has 0 bridgehead atoms. The van der Waals surface area contributed by atoms with Gasteiger partial charge in [-0.3, -0.25) is 0 Å². The van der Waals surface area contributed by atoms with Crippen molar-refractivity contribution in [2.75, 3.05) is 41.0 Å². The summed E-state index contributed by atoms with van der Waals surface area (Å²) in [6, 6.07) is 21.5. The minimum Gasteiger partial charge on any atom is -0.497 e. The minimum absolute atomic E-state index is 0.0431. The maximum absolute atomic E-state index is 13.5. The van der Waals surface area contributed by atoms with Crippen molar-refractivity contribution in [2.24, 2.45) is 0 Å². The van der Waals surface area contributed by atoms with Crippen LogP contribution in [0.15, 0.2) is 72.8 Å².